The molecule has 1 unspecified atom stereocenters. The maximum atomic E-state index is 11.5. The first-order valence-electron chi connectivity index (χ1n) is 9.16. The molecule has 1 amide bonds. The Bertz CT molecular complexity index is 636. The number of halogens is 1. The number of aliphatic imine (C=N–C) groups is 1. The first-order valence-corrected chi connectivity index (χ1v) is 9.16. The van der Waals surface area contributed by atoms with Crippen LogP contribution in [0.1, 0.15) is 19.8 Å². The number of nitrogens with zero attached hydrogens (tertiary/aromatic N) is 2. The molecule has 0 saturated carbocycles. The van der Waals surface area contributed by atoms with Gasteiger partial charge in [-0.15, -0.1) is 24.0 Å². The predicted molar refractivity (Wildman–Crippen MR) is 120 cm³/mol. The summed E-state index contributed by atoms with van der Waals surface area (Å²) < 4.78 is 15.9. The zero-order valence-electron chi connectivity index (χ0n) is 16.9. The molecule has 1 aliphatic rings. The molecule has 0 aliphatic carbocycles. The van der Waals surface area contributed by atoms with Crippen LogP contribution in [0.3, 0.4) is 0 Å². The van der Waals surface area contributed by atoms with Crippen LogP contribution in [0, 0.1) is 0 Å². The smallest absolute Gasteiger partial charge is 0.409 e. The largest absolute Gasteiger partial charge is 0.497 e. The molecule has 0 radical (unpaired) electrons. The van der Waals surface area contributed by atoms with Crippen molar-refractivity contribution in [1.82, 2.24) is 15.5 Å². The lowest BCUT2D eigenvalue weighted by Gasteiger charge is -2.32. The van der Waals surface area contributed by atoms with E-state index < -0.39 is 0 Å². The van der Waals surface area contributed by atoms with Crippen molar-refractivity contribution in [3.8, 4) is 11.5 Å². The fourth-order valence-electron chi connectivity index (χ4n) is 2.91. The number of carbonyl (C=O) groups excluding carboxylic acids is 1. The molecule has 158 valence electrons. The van der Waals surface area contributed by atoms with E-state index in [1.807, 2.05) is 31.2 Å². The summed E-state index contributed by atoms with van der Waals surface area (Å²) in [6.45, 7) is 3.96. The van der Waals surface area contributed by atoms with Crippen LogP contribution in [0.15, 0.2) is 29.3 Å². The van der Waals surface area contributed by atoms with Crippen molar-refractivity contribution >= 4 is 36.0 Å². The molecule has 1 aromatic rings. The van der Waals surface area contributed by atoms with Crippen LogP contribution >= 0.6 is 24.0 Å². The number of nitrogens with one attached hydrogen (secondary N) is 2. The summed E-state index contributed by atoms with van der Waals surface area (Å²) >= 11 is 0. The Morgan fingerprint density at radius 2 is 1.96 bits per heavy atom. The van der Waals surface area contributed by atoms with Crippen molar-refractivity contribution in [2.75, 3.05) is 40.9 Å². The van der Waals surface area contributed by atoms with Crippen LogP contribution in [0.4, 0.5) is 4.79 Å². The number of rotatable bonds is 6. The zero-order valence-corrected chi connectivity index (χ0v) is 19.3. The number of ether oxygens (including phenoxy) is 3. The lowest BCUT2D eigenvalue weighted by atomic mass is 10.1. The summed E-state index contributed by atoms with van der Waals surface area (Å²) in [5.74, 6) is 2.26. The number of hydrogen-bond acceptors (Lipinski definition) is 5. The van der Waals surface area contributed by atoms with Crippen LogP contribution in [0.2, 0.25) is 0 Å². The zero-order chi connectivity index (χ0) is 19.6. The predicted octanol–water partition coefficient (Wildman–Crippen LogP) is 2.48. The molecular weight excluding hydrogens is 475 g/mol. The van der Waals surface area contributed by atoms with Gasteiger partial charge in [0.05, 0.1) is 20.8 Å². The minimum atomic E-state index is -0.264. The Morgan fingerprint density at radius 3 is 2.57 bits per heavy atom. The normalized spacial score (nSPS) is 15.9. The molecule has 1 heterocycles. The van der Waals surface area contributed by atoms with Gasteiger partial charge in [0.25, 0.3) is 0 Å². The van der Waals surface area contributed by atoms with Gasteiger partial charge in [0.15, 0.2) is 5.96 Å². The van der Waals surface area contributed by atoms with Crippen LogP contribution in [-0.2, 0) is 4.74 Å². The average Bonchev–Trinajstić information content (AvgIpc) is 2.71. The van der Waals surface area contributed by atoms with Crippen LogP contribution in [-0.4, -0.2) is 70.0 Å². The van der Waals surface area contributed by atoms with Crippen LogP contribution in [0.5, 0.6) is 11.5 Å². The molecular formula is C19H31IN4O4. The number of carbonyl (C=O) groups is 1. The highest BCUT2D eigenvalue weighted by molar-refractivity contribution is 14.0. The maximum Gasteiger partial charge on any atom is 0.409 e. The second-order valence-electron chi connectivity index (χ2n) is 6.44. The van der Waals surface area contributed by atoms with Gasteiger partial charge in [-0.2, -0.15) is 0 Å². The fourth-order valence-corrected chi connectivity index (χ4v) is 2.91. The van der Waals surface area contributed by atoms with Crippen molar-refractivity contribution < 1.29 is 19.0 Å². The minimum Gasteiger partial charge on any atom is -0.497 e. The highest BCUT2D eigenvalue weighted by atomic mass is 127. The molecule has 1 aliphatic heterocycles. The first-order chi connectivity index (χ1) is 13.0. The third-order valence-electron chi connectivity index (χ3n) is 4.43. The van der Waals surface area contributed by atoms with Gasteiger partial charge in [-0.3, -0.25) is 4.99 Å². The number of guanidine groups is 1. The van der Waals surface area contributed by atoms with Gasteiger partial charge < -0.3 is 29.7 Å². The lowest BCUT2D eigenvalue weighted by Crippen LogP contribution is -2.50. The molecule has 0 spiro atoms. The van der Waals surface area contributed by atoms with Gasteiger partial charge in [0.2, 0.25) is 0 Å². The van der Waals surface area contributed by atoms with Crippen LogP contribution in [0.25, 0.3) is 0 Å². The standard InChI is InChI=1S/C19H30N4O4.HI/c1-14(27-17-7-5-6-16(12-17)25-3)13-21-18(20-2)22-15-8-10-23(11-9-15)19(24)26-4;/h5-7,12,14-15H,8-11,13H2,1-4H3,(H2,20,21,22);1H. The van der Waals surface area contributed by atoms with Gasteiger partial charge >= 0.3 is 6.09 Å². The summed E-state index contributed by atoms with van der Waals surface area (Å²) in [6, 6.07) is 7.81. The number of amides is 1. The number of methoxy groups -OCH3 is 2. The average molecular weight is 506 g/mol. The highest BCUT2D eigenvalue weighted by Crippen LogP contribution is 2.19. The second-order valence-corrected chi connectivity index (χ2v) is 6.44. The quantitative estimate of drug-likeness (QED) is 0.351. The van der Waals surface area contributed by atoms with E-state index in [4.69, 9.17) is 14.2 Å². The summed E-state index contributed by atoms with van der Waals surface area (Å²) in [7, 11) is 4.79. The van der Waals surface area contributed by atoms with E-state index in [0.717, 1.165) is 30.3 Å². The molecule has 1 fully saturated rings. The number of likely N-dealkylation sites (tertiary alicyclic amines) is 1. The Labute approximate surface area is 184 Å². The second kappa shape index (κ2) is 12.5. The monoisotopic (exact) mass is 506 g/mol. The van der Waals surface area contributed by atoms with Crippen molar-refractivity contribution in [3.63, 3.8) is 0 Å². The Hall–Kier alpha value is -1.91. The summed E-state index contributed by atoms with van der Waals surface area (Å²) in [4.78, 5) is 17.5. The van der Waals surface area contributed by atoms with Crippen LogP contribution < -0.4 is 20.1 Å². The molecule has 1 aromatic carbocycles. The van der Waals surface area contributed by atoms with Gasteiger partial charge in [-0.25, -0.2) is 4.79 Å². The van der Waals surface area contributed by atoms with E-state index in [1.165, 1.54) is 7.11 Å². The summed E-state index contributed by atoms with van der Waals surface area (Å²) in [5, 5.41) is 6.69. The SMILES string of the molecule is CN=C(NCC(C)Oc1cccc(OC)c1)NC1CCN(C(=O)OC)CC1.I. The molecule has 1 atom stereocenters. The van der Waals surface area contributed by atoms with E-state index in [1.54, 1.807) is 19.1 Å². The number of benzene rings is 1. The van der Waals surface area contributed by atoms with Crippen molar-refractivity contribution in [1.29, 1.82) is 0 Å². The topological polar surface area (TPSA) is 84.4 Å². The summed E-state index contributed by atoms with van der Waals surface area (Å²) in [6.07, 6.45) is 1.40. The molecule has 1 saturated heterocycles. The van der Waals surface area contributed by atoms with Gasteiger partial charge in [0.1, 0.15) is 17.6 Å². The molecule has 28 heavy (non-hydrogen) atoms. The van der Waals surface area contributed by atoms with Gasteiger partial charge in [-0.05, 0) is 31.9 Å². The van der Waals surface area contributed by atoms with Crippen molar-refractivity contribution in [2.24, 2.45) is 4.99 Å². The molecule has 9 heteroatoms. The molecule has 2 N–H and O–H groups in total. The van der Waals surface area contributed by atoms with E-state index in [0.29, 0.717) is 19.6 Å². The van der Waals surface area contributed by atoms with E-state index in [9.17, 15) is 4.79 Å². The van der Waals surface area contributed by atoms with Crippen molar-refractivity contribution in [2.45, 2.75) is 31.9 Å². The van der Waals surface area contributed by atoms with Gasteiger partial charge in [-0.1, -0.05) is 6.07 Å². The maximum absolute atomic E-state index is 11.5. The lowest BCUT2D eigenvalue weighted by molar-refractivity contribution is 0.111. The molecule has 2 rings (SSSR count). The Balaban J connectivity index is 0.00000392. The Kier molecular flexibility index (Phi) is 10.8. The van der Waals surface area contributed by atoms with Gasteiger partial charge in [0, 0.05) is 32.2 Å². The van der Waals surface area contributed by atoms with Crippen molar-refractivity contribution in [3.05, 3.63) is 24.3 Å². The summed E-state index contributed by atoms with van der Waals surface area (Å²) in [5.41, 5.74) is 0. The molecule has 8 nitrogen and oxygen atoms in total. The van der Waals surface area contributed by atoms with E-state index >= 15 is 0 Å². The highest BCUT2D eigenvalue weighted by Gasteiger charge is 2.23. The fraction of sp³-hybridized carbons (Fsp3) is 0.579. The third-order valence-corrected chi connectivity index (χ3v) is 4.43. The number of piperidine rings is 1. The van der Waals surface area contributed by atoms with E-state index in [-0.39, 0.29) is 42.2 Å². The Morgan fingerprint density at radius 1 is 1.29 bits per heavy atom. The van der Waals surface area contributed by atoms with E-state index in [2.05, 4.69) is 15.6 Å². The molecule has 0 aromatic heterocycles. The number of hydrogen-bond donors (Lipinski definition) is 2. The third kappa shape index (κ3) is 7.61. The minimum absolute atomic E-state index is 0. The first kappa shape index (κ1) is 24.1. The molecule has 0 bridgehead atoms.